The Morgan fingerprint density at radius 3 is 2.33 bits per heavy atom. The molecule has 0 radical (unpaired) electrons. The van der Waals surface area contributed by atoms with Crippen molar-refractivity contribution in [2.45, 2.75) is 37.7 Å². The van der Waals surface area contributed by atoms with Crippen LogP contribution in [0.2, 0.25) is 0 Å². The summed E-state index contributed by atoms with van der Waals surface area (Å²) in [5, 5.41) is 10.1. The maximum Gasteiger partial charge on any atom is 0.118 e. The summed E-state index contributed by atoms with van der Waals surface area (Å²) < 4.78 is 17.1. The van der Waals surface area contributed by atoms with Gasteiger partial charge in [-0.1, -0.05) is 13.8 Å². The van der Waals surface area contributed by atoms with Crippen LogP contribution < -0.4 is 4.74 Å². The molecule has 3 nitrogen and oxygen atoms in total. The molecule has 0 fully saturated rings. The lowest BCUT2D eigenvalue weighted by atomic mass is 9.90. The molecule has 2 unspecified atom stereocenters. The highest BCUT2D eigenvalue weighted by Crippen LogP contribution is 2.22. The Morgan fingerprint density at radius 2 is 1.89 bits per heavy atom. The monoisotopic (exact) mass is 270 g/mol. The molecular weight excluding hydrogens is 248 g/mol. The predicted molar refractivity (Wildman–Crippen MR) is 74.3 cm³/mol. The molecule has 0 spiro atoms. The van der Waals surface area contributed by atoms with Crippen LogP contribution in [0.4, 0.5) is 0 Å². The Morgan fingerprint density at radius 1 is 1.33 bits per heavy atom. The van der Waals surface area contributed by atoms with Gasteiger partial charge in [-0.05, 0) is 43.5 Å². The van der Waals surface area contributed by atoms with E-state index in [1.807, 2.05) is 13.8 Å². The van der Waals surface area contributed by atoms with E-state index < -0.39 is 16.4 Å². The average molecular weight is 270 g/mol. The lowest BCUT2D eigenvalue weighted by Gasteiger charge is -2.27. The van der Waals surface area contributed by atoms with E-state index in [1.54, 1.807) is 38.3 Å². The quantitative estimate of drug-likeness (QED) is 0.864. The van der Waals surface area contributed by atoms with Crippen LogP contribution in [-0.2, 0) is 10.8 Å². The van der Waals surface area contributed by atoms with Crippen molar-refractivity contribution in [1.82, 2.24) is 0 Å². The number of methoxy groups -OCH3 is 1. The first-order valence-corrected chi connectivity index (χ1v) is 7.43. The first kappa shape index (κ1) is 15.2. The van der Waals surface area contributed by atoms with E-state index in [1.165, 1.54) is 0 Å². The second kappa shape index (κ2) is 6.34. The van der Waals surface area contributed by atoms with E-state index >= 15 is 0 Å². The van der Waals surface area contributed by atoms with Crippen LogP contribution >= 0.6 is 0 Å². The van der Waals surface area contributed by atoms with Gasteiger partial charge in [-0.2, -0.15) is 0 Å². The van der Waals surface area contributed by atoms with Crippen LogP contribution in [0, 0.1) is 5.92 Å². The fraction of sp³-hybridized carbons (Fsp3) is 0.571. The Balaban J connectivity index is 2.60. The van der Waals surface area contributed by atoms with Crippen LogP contribution in [0.1, 0.15) is 27.2 Å². The van der Waals surface area contributed by atoms with E-state index in [4.69, 9.17) is 4.74 Å². The number of rotatable bonds is 6. The van der Waals surface area contributed by atoms with Crippen molar-refractivity contribution in [3.05, 3.63) is 24.3 Å². The minimum Gasteiger partial charge on any atom is -0.497 e. The number of aliphatic hydroxyl groups is 1. The molecule has 0 aliphatic rings. The normalized spacial score (nSPS) is 16.3. The zero-order valence-electron chi connectivity index (χ0n) is 11.5. The maximum atomic E-state index is 12.1. The molecule has 1 N–H and O–H groups in total. The summed E-state index contributed by atoms with van der Waals surface area (Å²) in [5.41, 5.74) is -0.762. The first-order valence-electron chi connectivity index (χ1n) is 6.11. The standard InChI is InChI=1S/C14H22O3S/c1-11(2)14(3,15)9-10-18(16)13-7-5-12(17-4)6-8-13/h5-8,11,15H,9-10H2,1-4H3. The zero-order valence-corrected chi connectivity index (χ0v) is 12.3. The van der Waals surface area contributed by atoms with Crippen LogP contribution in [-0.4, -0.2) is 27.8 Å². The molecule has 0 saturated heterocycles. The van der Waals surface area contributed by atoms with Gasteiger partial charge in [-0.3, -0.25) is 4.21 Å². The van der Waals surface area contributed by atoms with Gasteiger partial charge in [-0.25, -0.2) is 0 Å². The summed E-state index contributed by atoms with van der Waals surface area (Å²) in [6.45, 7) is 5.73. The number of ether oxygens (including phenoxy) is 1. The van der Waals surface area contributed by atoms with Crippen molar-refractivity contribution in [2.24, 2.45) is 5.92 Å². The van der Waals surface area contributed by atoms with Gasteiger partial charge < -0.3 is 9.84 Å². The minimum atomic E-state index is -1.07. The van der Waals surface area contributed by atoms with Crippen molar-refractivity contribution in [2.75, 3.05) is 12.9 Å². The highest BCUT2D eigenvalue weighted by atomic mass is 32.2. The summed E-state index contributed by atoms with van der Waals surface area (Å²) in [5.74, 6) is 1.38. The largest absolute Gasteiger partial charge is 0.497 e. The molecule has 0 aromatic heterocycles. The Kier molecular flexibility index (Phi) is 5.35. The van der Waals surface area contributed by atoms with E-state index in [2.05, 4.69) is 0 Å². The lowest BCUT2D eigenvalue weighted by Crippen LogP contribution is -2.32. The van der Waals surface area contributed by atoms with Crippen molar-refractivity contribution < 1.29 is 14.1 Å². The summed E-state index contributed by atoms with van der Waals surface area (Å²) in [6, 6.07) is 7.21. The van der Waals surface area contributed by atoms with Gasteiger partial charge in [0.05, 0.1) is 23.5 Å². The first-order chi connectivity index (χ1) is 8.36. The van der Waals surface area contributed by atoms with Gasteiger partial charge in [0.25, 0.3) is 0 Å². The molecule has 2 atom stereocenters. The van der Waals surface area contributed by atoms with Crippen LogP contribution in [0.15, 0.2) is 29.2 Å². The van der Waals surface area contributed by atoms with Crippen LogP contribution in [0.5, 0.6) is 5.75 Å². The summed E-state index contributed by atoms with van der Waals surface area (Å²) in [6.07, 6.45) is 0.531. The molecule has 0 amide bonds. The van der Waals surface area contributed by atoms with Gasteiger partial charge in [-0.15, -0.1) is 0 Å². The average Bonchev–Trinajstić information content (AvgIpc) is 2.36. The maximum absolute atomic E-state index is 12.1. The van der Waals surface area contributed by atoms with Crippen molar-refractivity contribution in [3.8, 4) is 5.75 Å². The van der Waals surface area contributed by atoms with Crippen molar-refractivity contribution in [1.29, 1.82) is 0 Å². The molecule has 1 aromatic carbocycles. The number of hydrogen-bond donors (Lipinski definition) is 1. The third-order valence-corrected chi connectivity index (χ3v) is 4.73. The van der Waals surface area contributed by atoms with Gasteiger partial charge >= 0.3 is 0 Å². The second-order valence-electron chi connectivity index (χ2n) is 4.99. The van der Waals surface area contributed by atoms with Crippen molar-refractivity contribution in [3.63, 3.8) is 0 Å². The van der Waals surface area contributed by atoms with E-state index in [0.717, 1.165) is 10.6 Å². The van der Waals surface area contributed by atoms with Crippen LogP contribution in [0.25, 0.3) is 0 Å². The van der Waals surface area contributed by atoms with E-state index in [0.29, 0.717) is 12.2 Å². The summed E-state index contributed by atoms with van der Waals surface area (Å²) in [7, 11) is 0.531. The summed E-state index contributed by atoms with van der Waals surface area (Å²) >= 11 is 0. The van der Waals surface area contributed by atoms with Crippen LogP contribution in [0.3, 0.4) is 0 Å². The molecule has 0 aliphatic carbocycles. The van der Waals surface area contributed by atoms with Gasteiger partial charge in [0.1, 0.15) is 5.75 Å². The second-order valence-corrected chi connectivity index (χ2v) is 6.56. The number of hydrogen-bond acceptors (Lipinski definition) is 3. The Bertz CT molecular complexity index is 396. The molecule has 4 heteroatoms. The van der Waals surface area contributed by atoms with E-state index in [-0.39, 0.29) is 5.92 Å². The molecule has 102 valence electrons. The third-order valence-electron chi connectivity index (χ3n) is 3.36. The molecular formula is C14H22O3S. The topological polar surface area (TPSA) is 46.5 Å². The molecule has 0 aliphatic heterocycles. The molecule has 0 heterocycles. The van der Waals surface area contributed by atoms with Gasteiger partial charge in [0.15, 0.2) is 0 Å². The molecule has 0 bridgehead atoms. The smallest absolute Gasteiger partial charge is 0.118 e. The fourth-order valence-corrected chi connectivity index (χ4v) is 2.71. The lowest BCUT2D eigenvalue weighted by molar-refractivity contribution is 0.0109. The third kappa shape index (κ3) is 4.10. The Labute approximate surface area is 112 Å². The highest BCUT2D eigenvalue weighted by molar-refractivity contribution is 7.85. The van der Waals surface area contributed by atoms with Gasteiger partial charge in [0, 0.05) is 10.6 Å². The summed E-state index contributed by atoms with van der Waals surface area (Å²) in [4.78, 5) is 0.773. The predicted octanol–water partition coefficient (Wildman–Crippen LogP) is 2.60. The Hall–Kier alpha value is -0.870. The van der Waals surface area contributed by atoms with Crippen molar-refractivity contribution >= 4 is 10.8 Å². The van der Waals surface area contributed by atoms with Gasteiger partial charge in [0.2, 0.25) is 0 Å². The highest BCUT2D eigenvalue weighted by Gasteiger charge is 2.25. The SMILES string of the molecule is COc1ccc(S(=O)CCC(C)(O)C(C)C)cc1. The zero-order chi connectivity index (χ0) is 13.8. The fourth-order valence-electron chi connectivity index (χ4n) is 1.43. The molecule has 18 heavy (non-hydrogen) atoms. The molecule has 1 rings (SSSR count). The minimum absolute atomic E-state index is 0.158. The number of benzene rings is 1. The molecule has 1 aromatic rings. The molecule has 0 saturated carbocycles. The van der Waals surface area contributed by atoms with E-state index in [9.17, 15) is 9.32 Å².